The fourth-order valence-corrected chi connectivity index (χ4v) is 4.57. The fraction of sp³-hybridized carbons (Fsp3) is 0.0476. The van der Waals surface area contributed by atoms with Crippen molar-refractivity contribution in [2.24, 2.45) is 0 Å². The van der Waals surface area contributed by atoms with Gasteiger partial charge in [-0.15, -0.1) is 0 Å². The summed E-state index contributed by atoms with van der Waals surface area (Å²) in [6.07, 6.45) is 0. The van der Waals surface area contributed by atoms with Gasteiger partial charge in [0.05, 0.1) is 28.0 Å². The van der Waals surface area contributed by atoms with Gasteiger partial charge in [-0.1, -0.05) is 48.5 Å². The molecule has 0 saturated carbocycles. The third kappa shape index (κ3) is 3.70. The van der Waals surface area contributed by atoms with E-state index < -0.39 is 21.3 Å². The van der Waals surface area contributed by atoms with Crippen LogP contribution in [0.2, 0.25) is 0 Å². The maximum atomic E-state index is 13.5. The summed E-state index contributed by atoms with van der Waals surface area (Å²) >= 11 is 0. The zero-order chi connectivity index (χ0) is 20.4. The molecule has 4 aromatic rings. The Morgan fingerprint density at radius 1 is 0.793 bits per heavy atom. The molecular formula is C21H17N3O4S. The van der Waals surface area contributed by atoms with E-state index in [1.807, 2.05) is 36.4 Å². The van der Waals surface area contributed by atoms with Crippen molar-refractivity contribution in [1.29, 1.82) is 0 Å². The summed E-state index contributed by atoms with van der Waals surface area (Å²) in [5.74, 6) is 0. The van der Waals surface area contributed by atoms with Crippen LogP contribution in [-0.4, -0.2) is 18.4 Å². The minimum Gasteiger partial charge on any atom is -0.307 e. The Kier molecular flexibility index (Phi) is 4.77. The average Bonchev–Trinajstić information content (AvgIpc) is 2.73. The number of para-hydroxylation sites is 1. The third-order valence-electron chi connectivity index (χ3n) is 4.51. The second-order valence-corrected chi connectivity index (χ2v) is 8.31. The summed E-state index contributed by atoms with van der Waals surface area (Å²) in [5, 5.41) is 0.0957. The van der Waals surface area contributed by atoms with Gasteiger partial charge in [-0.2, -0.15) is 0 Å². The molecule has 7 nitrogen and oxygen atoms in total. The van der Waals surface area contributed by atoms with Crippen molar-refractivity contribution in [1.82, 2.24) is 9.97 Å². The molecule has 0 aliphatic rings. The lowest BCUT2D eigenvalue weighted by Crippen LogP contribution is -2.31. The minimum atomic E-state index is -3.98. The smallest absolute Gasteiger partial charge is 0.307 e. The molecule has 0 aliphatic carbocycles. The Labute approximate surface area is 166 Å². The Morgan fingerprint density at radius 2 is 1.45 bits per heavy atom. The van der Waals surface area contributed by atoms with E-state index in [2.05, 4.69) is 9.97 Å². The monoisotopic (exact) mass is 407 g/mol. The van der Waals surface area contributed by atoms with Crippen LogP contribution < -0.4 is 15.6 Å². The molecule has 146 valence electrons. The molecule has 0 fully saturated rings. The van der Waals surface area contributed by atoms with Crippen LogP contribution in [0.15, 0.2) is 93.3 Å². The first-order chi connectivity index (χ1) is 13.9. The topological polar surface area (TPSA) is 103 Å². The van der Waals surface area contributed by atoms with Crippen molar-refractivity contribution < 1.29 is 8.42 Å². The highest BCUT2D eigenvalue weighted by molar-refractivity contribution is 7.92. The van der Waals surface area contributed by atoms with Gasteiger partial charge in [0, 0.05) is 0 Å². The van der Waals surface area contributed by atoms with Gasteiger partial charge in [0.1, 0.15) is 0 Å². The number of nitrogens with zero attached hydrogens (tertiary/aromatic N) is 1. The normalized spacial score (nSPS) is 11.4. The van der Waals surface area contributed by atoms with Crippen LogP contribution in [0.3, 0.4) is 0 Å². The van der Waals surface area contributed by atoms with Crippen molar-refractivity contribution in [2.45, 2.75) is 11.4 Å². The van der Waals surface area contributed by atoms with Crippen molar-refractivity contribution in [3.63, 3.8) is 0 Å². The van der Waals surface area contributed by atoms with Gasteiger partial charge >= 0.3 is 5.69 Å². The van der Waals surface area contributed by atoms with Gasteiger partial charge < -0.3 is 4.98 Å². The van der Waals surface area contributed by atoms with E-state index in [-0.39, 0.29) is 22.3 Å². The van der Waals surface area contributed by atoms with E-state index in [1.54, 1.807) is 24.3 Å². The summed E-state index contributed by atoms with van der Waals surface area (Å²) in [6.45, 7) is 0.132. The molecule has 1 heterocycles. The molecule has 0 bridgehead atoms. The predicted octanol–water partition coefficient (Wildman–Crippen LogP) is 2.61. The van der Waals surface area contributed by atoms with E-state index >= 15 is 0 Å². The number of aromatic nitrogens is 2. The van der Waals surface area contributed by atoms with E-state index in [9.17, 15) is 18.0 Å². The zero-order valence-corrected chi connectivity index (χ0v) is 16.0. The summed E-state index contributed by atoms with van der Waals surface area (Å²) in [5.41, 5.74) is 0.310. The van der Waals surface area contributed by atoms with Gasteiger partial charge in [-0.05, 0) is 35.9 Å². The lowest BCUT2D eigenvalue weighted by atomic mass is 10.2. The summed E-state index contributed by atoms with van der Waals surface area (Å²) < 4.78 is 28.3. The number of sulfonamides is 1. The summed E-state index contributed by atoms with van der Waals surface area (Å²) in [6, 6.07) is 22.1. The molecule has 29 heavy (non-hydrogen) atoms. The quantitative estimate of drug-likeness (QED) is 0.531. The van der Waals surface area contributed by atoms with Crippen molar-refractivity contribution in [2.75, 3.05) is 4.31 Å². The highest BCUT2D eigenvalue weighted by Gasteiger charge is 2.26. The Balaban J connectivity index is 1.86. The largest absolute Gasteiger partial charge is 0.326 e. The first-order valence-electron chi connectivity index (χ1n) is 8.83. The number of rotatable bonds is 5. The second kappa shape index (κ2) is 7.40. The molecule has 2 N–H and O–H groups in total. The molecule has 4 rings (SSSR count). The minimum absolute atomic E-state index is 0.0395. The summed E-state index contributed by atoms with van der Waals surface area (Å²) in [4.78, 5) is 28.1. The molecule has 0 amide bonds. The van der Waals surface area contributed by atoms with Gasteiger partial charge in [-0.3, -0.25) is 14.1 Å². The fourth-order valence-electron chi connectivity index (χ4n) is 3.09. The van der Waals surface area contributed by atoms with Crippen LogP contribution in [0.4, 0.5) is 5.69 Å². The maximum Gasteiger partial charge on any atom is 0.326 e. The predicted molar refractivity (Wildman–Crippen MR) is 111 cm³/mol. The van der Waals surface area contributed by atoms with Crippen LogP contribution in [0.25, 0.3) is 10.9 Å². The van der Waals surface area contributed by atoms with Gasteiger partial charge in [0.25, 0.3) is 15.6 Å². The number of benzene rings is 3. The van der Waals surface area contributed by atoms with E-state index in [0.29, 0.717) is 5.69 Å². The SMILES string of the molecule is O=c1[nH]c(=O)c2cc(S(=O)(=O)N(Cc3ccccc3)c3ccccc3)ccc2[nH]1. The molecule has 0 aliphatic heterocycles. The Morgan fingerprint density at radius 3 is 2.14 bits per heavy atom. The third-order valence-corrected chi connectivity index (χ3v) is 6.28. The second-order valence-electron chi connectivity index (χ2n) is 6.45. The molecule has 0 radical (unpaired) electrons. The molecule has 0 atom stereocenters. The lowest BCUT2D eigenvalue weighted by Gasteiger charge is -2.25. The van der Waals surface area contributed by atoms with Crippen molar-refractivity contribution >= 4 is 26.6 Å². The van der Waals surface area contributed by atoms with E-state index in [0.717, 1.165) is 5.56 Å². The Bertz CT molecular complexity index is 1380. The molecule has 0 spiro atoms. The molecule has 0 saturated heterocycles. The standard InChI is InChI=1S/C21H17N3O4S/c25-20-18-13-17(11-12-19(18)22-21(26)23-20)29(27,28)24(16-9-5-2-6-10-16)14-15-7-3-1-4-8-15/h1-13H,14H2,(H2,22,23,25,26). The number of nitrogens with one attached hydrogen (secondary N) is 2. The van der Waals surface area contributed by atoms with Crippen LogP contribution in [0.5, 0.6) is 0 Å². The molecule has 1 aromatic heterocycles. The van der Waals surface area contributed by atoms with Gasteiger partial charge in [-0.25, -0.2) is 13.2 Å². The number of hydrogen-bond acceptors (Lipinski definition) is 4. The molecule has 3 aromatic carbocycles. The summed E-state index contributed by atoms with van der Waals surface area (Å²) in [7, 11) is -3.98. The number of anilines is 1. The first kappa shape index (κ1) is 18.7. The maximum absolute atomic E-state index is 13.5. The van der Waals surface area contributed by atoms with Crippen LogP contribution in [0, 0.1) is 0 Å². The highest BCUT2D eigenvalue weighted by atomic mass is 32.2. The zero-order valence-electron chi connectivity index (χ0n) is 15.2. The van der Waals surface area contributed by atoms with E-state index in [1.165, 1.54) is 22.5 Å². The number of aromatic amines is 2. The average molecular weight is 407 g/mol. The van der Waals surface area contributed by atoms with E-state index in [4.69, 9.17) is 0 Å². The van der Waals surface area contributed by atoms with Crippen LogP contribution in [-0.2, 0) is 16.6 Å². The number of fused-ring (bicyclic) bond motifs is 1. The Hall–Kier alpha value is -3.65. The first-order valence-corrected chi connectivity index (χ1v) is 10.3. The lowest BCUT2D eigenvalue weighted by molar-refractivity contribution is 0.590. The van der Waals surface area contributed by atoms with Crippen molar-refractivity contribution in [3.05, 3.63) is 105 Å². The number of hydrogen-bond donors (Lipinski definition) is 2. The highest BCUT2D eigenvalue weighted by Crippen LogP contribution is 2.26. The van der Waals surface area contributed by atoms with Gasteiger partial charge in [0.2, 0.25) is 0 Å². The molecule has 8 heteroatoms. The van der Waals surface area contributed by atoms with Crippen molar-refractivity contribution in [3.8, 4) is 0 Å². The molecule has 0 unspecified atom stereocenters. The van der Waals surface area contributed by atoms with Crippen LogP contribution >= 0.6 is 0 Å². The number of H-pyrrole nitrogens is 2. The van der Waals surface area contributed by atoms with Crippen LogP contribution in [0.1, 0.15) is 5.56 Å². The van der Waals surface area contributed by atoms with Gasteiger partial charge in [0.15, 0.2) is 0 Å². The molecular weight excluding hydrogens is 390 g/mol.